The number of nitrogens with zero attached hydrogens (tertiary/aromatic N) is 2. The smallest absolute Gasteiger partial charge is 0.281 e. The minimum Gasteiger partial charge on any atom is -0.380 e. The first-order chi connectivity index (χ1) is 9.29. The van der Waals surface area contributed by atoms with E-state index in [0.717, 1.165) is 6.07 Å². The third-order valence-electron chi connectivity index (χ3n) is 2.81. The Bertz CT molecular complexity index is 665. The average molecular weight is 277 g/mol. The van der Waals surface area contributed by atoms with Gasteiger partial charge in [-0.2, -0.15) is 0 Å². The quantitative estimate of drug-likeness (QED) is 0.685. The maximum absolute atomic E-state index is 14.1. The molecule has 1 N–H and O–H groups in total. The van der Waals surface area contributed by atoms with Crippen molar-refractivity contribution in [1.29, 1.82) is 0 Å². The molecule has 0 spiro atoms. The highest BCUT2D eigenvalue weighted by Gasteiger charge is 2.21. The Morgan fingerprint density at radius 3 is 2.75 bits per heavy atom. The van der Waals surface area contributed by atoms with Crippen LogP contribution in [0, 0.1) is 21.3 Å². The lowest BCUT2D eigenvalue weighted by atomic mass is 9.97. The fourth-order valence-electron chi connectivity index (χ4n) is 1.87. The van der Waals surface area contributed by atoms with Gasteiger partial charge in [0, 0.05) is 12.7 Å². The number of hydrogen-bond donors (Lipinski definition) is 1. The van der Waals surface area contributed by atoms with Crippen molar-refractivity contribution in [3.05, 3.63) is 40.3 Å². The SMILES string of the molecule is CC(C)(C)CNc1c(F)cc([N+](=O)[O-])c2cccnc12. The van der Waals surface area contributed by atoms with Gasteiger partial charge in [0.15, 0.2) is 5.82 Å². The van der Waals surface area contributed by atoms with Crippen molar-refractivity contribution in [3.63, 3.8) is 0 Å². The highest BCUT2D eigenvalue weighted by atomic mass is 19.1. The molecule has 2 rings (SSSR count). The van der Waals surface area contributed by atoms with E-state index in [9.17, 15) is 14.5 Å². The summed E-state index contributed by atoms with van der Waals surface area (Å²) in [5.41, 5.74) is 0.173. The fraction of sp³-hybridized carbons (Fsp3) is 0.357. The summed E-state index contributed by atoms with van der Waals surface area (Å²) in [6, 6.07) is 4.11. The number of rotatable bonds is 3. The molecule has 0 unspecified atom stereocenters. The van der Waals surface area contributed by atoms with Crippen molar-refractivity contribution in [2.24, 2.45) is 5.41 Å². The minimum absolute atomic E-state index is 0.0463. The van der Waals surface area contributed by atoms with Crippen LogP contribution in [-0.4, -0.2) is 16.5 Å². The number of aromatic nitrogens is 1. The largest absolute Gasteiger partial charge is 0.380 e. The lowest BCUT2D eigenvalue weighted by Crippen LogP contribution is -2.20. The van der Waals surface area contributed by atoms with Crippen molar-refractivity contribution >= 4 is 22.3 Å². The molecule has 0 amide bonds. The van der Waals surface area contributed by atoms with Crippen LogP contribution in [0.25, 0.3) is 10.9 Å². The van der Waals surface area contributed by atoms with Crippen LogP contribution in [0.15, 0.2) is 24.4 Å². The molecule has 0 bridgehead atoms. The molecule has 0 aliphatic heterocycles. The molecule has 2 aromatic rings. The molecular weight excluding hydrogens is 261 g/mol. The monoisotopic (exact) mass is 277 g/mol. The first-order valence-corrected chi connectivity index (χ1v) is 6.25. The predicted octanol–water partition coefficient (Wildman–Crippen LogP) is 3.74. The van der Waals surface area contributed by atoms with Crippen LogP contribution in [0.3, 0.4) is 0 Å². The maximum atomic E-state index is 14.1. The average Bonchev–Trinajstić information content (AvgIpc) is 2.35. The van der Waals surface area contributed by atoms with Crippen molar-refractivity contribution in [2.75, 3.05) is 11.9 Å². The Morgan fingerprint density at radius 1 is 1.45 bits per heavy atom. The van der Waals surface area contributed by atoms with Gasteiger partial charge >= 0.3 is 0 Å². The Morgan fingerprint density at radius 2 is 2.15 bits per heavy atom. The van der Waals surface area contributed by atoms with Crippen LogP contribution in [0.1, 0.15) is 20.8 Å². The van der Waals surface area contributed by atoms with Gasteiger partial charge < -0.3 is 5.32 Å². The summed E-state index contributed by atoms with van der Waals surface area (Å²) in [6.45, 7) is 6.57. The molecule has 0 saturated heterocycles. The van der Waals surface area contributed by atoms with Crippen LogP contribution in [0.2, 0.25) is 0 Å². The van der Waals surface area contributed by atoms with E-state index in [1.54, 1.807) is 12.1 Å². The minimum atomic E-state index is -0.660. The van der Waals surface area contributed by atoms with E-state index in [1.807, 2.05) is 20.8 Å². The molecule has 0 fully saturated rings. The summed E-state index contributed by atoms with van der Waals surface area (Å²) in [5.74, 6) is -0.660. The van der Waals surface area contributed by atoms with Crippen LogP contribution in [0.5, 0.6) is 0 Å². The van der Waals surface area contributed by atoms with E-state index >= 15 is 0 Å². The van der Waals surface area contributed by atoms with E-state index in [0.29, 0.717) is 11.9 Å². The summed E-state index contributed by atoms with van der Waals surface area (Å²) in [7, 11) is 0. The molecule has 20 heavy (non-hydrogen) atoms. The standard InChI is InChI=1S/C14H16FN3O2/c1-14(2,3)8-17-13-10(15)7-11(18(19)20)9-5-4-6-16-12(9)13/h4-7,17H,8H2,1-3H3. The van der Waals surface area contributed by atoms with Crippen molar-refractivity contribution in [2.45, 2.75) is 20.8 Å². The number of nitro benzene ring substituents is 1. The van der Waals surface area contributed by atoms with Crippen molar-refractivity contribution in [1.82, 2.24) is 4.98 Å². The molecule has 0 saturated carbocycles. The van der Waals surface area contributed by atoms with Gasteiger partial charge in [0.1, 0.15) is 5.52 Å². The highest BCUT2D eigenvalue weighted by Crippen LogP contribution is 2.33. The van der Waals surface area contributed by atoms with E-state index in [4.69, 9.17) is 0 Å². The van der Waals surface area contributed by atoms with Crippen LogP contribution < -0.4 is 5.32 Å². The molecule has 1 aromatic heterocycles. The number of benzene rings is 1. The number of fused-ring (bicyclic) bond motifs is 1. The van der Waals surface area contributed by atoms with Gasteiger partial charge in [-0.1, -0.05) is 20.8 Å². The number of anilines is 1. The molecule has 1 aromatic carbocycles. The van der Waals surface area contributed by atoms with Gasteiger partial charge in [-0.25, -0.2) is 4.39 Å². The van der Waals surface area contributed by atoms with Gasteiger partial charge in [0.25, 0.3) is 5.69 Å². The zero-order chi connectivity index (χ0) is 14.9. The van der Waals surface area contributed by atoms with Crippen molar-refractivity contribution in [3.8, 4) is 0 Å². The third kappa shape index (κ3) is 2.84. The third-order valence-corrected chi connectivity index (χ3v) is 2.81. The number of nitro groups is 1. The Labute approximate surface area is 116 Å². The summed E-state index contributed by atoms with van der Waals surface area (Å²) in [6.07, 6.45) is 1.49. The van der Waals surface area contributed by atoms with Gasteiger partial charge in [0.2, 0.25) is 0 Å². The number of hydrogen-bond acceptors (Lipinski definition) is 4. The molecular formula is C14H16FN3O2. The number of pyridine rings is 1. The summed E-state index contributed by atoms with van der Waals surface area (Å²) in [4.78, 5) is 14.5. The van der Waals surface area contributed by atoms with Gasteiger partial charge in [0.05, 0.1) is 22.1 Å². The van der Waals surface area contributed by atoms with E-state index in [2.05, 4.69) is 10.3 Å². The lowest BCUT2D eigenvalue weighted by Gasteiger charge is -2.20. The summed E-state index contributed by atoms with van der Waals surface area (Å²) < 4.78 is 14.1. The molecule has 0 radical (unpaired) electrons. The maximum Gasteiger partial charge on any atom is 0.281 e. The zero-order valence-corrected chi connectivity index (χ0v) is 11.6. The molecule has 0 atom stereocenters. The number of nitrogens with one attached hydrogen (secondary N) is 1. The highest BCUT2D eigenvalue weighted by molar-refractivity contribution is 5.97. The zero-order valence-electron chi connectivity index (χ0n) is 11.6. The first-order valence-electron chi connectivity index (χ1n) is 6.25. The molecule has 6 heteroatoms. The summed E-state index contributed by atoms with van der Waals surface area (Å²) in [5, 5.41) is 14.3. The summed E-state index contributed by atoms with van der Waals surface area (Å²) >= 11 is 0. The Hall–Kier alpha value is -2.24. The molecule has 0 aliphatic rings. The fourth-order valence-corrected chi connectivity index (χ4v) is 1.87. The molecule has 5 nitrogen and oxygen atoms in total. The second kappa shape index (κ2) is 5.03. The van der Waals surface area contributed by atoms with Gasteiger partial charge in [-0.15, -0.1) is 0 Å². The van der Waals surface area contributed by atoms with E-state index in [-0.39, 0.29) is 22.3 Å². The van der Waals surface area contributed by atoms with Gasteiger partial charge in [-0.05, 0) is 17.5 Å². The second-order valence-electron chi connectivity index (χ2n) is 5.82. The normalized spacial score (nSPS) is 11.6. The second-order valence-corrected chi connectivity index (χ2v) is 5.82. The van der Waals surface area contributed by atoms with E-state index in [1.165, 1.54) is 6.20 Å². The van der Waals surface area contributed by atoms with Gasteiger partial charge in [-0.3, -0.25) is 15.1 Å². The number of non-ortho nitro benzene ring substituents is 1. The molecule has 106 valence electrons. The Balaban J connectivity index is 2.58. The van der Waals surface area contributed by atoms with Crippen molar-refractivity contribution < 1.29 is 9.31 Å². The molecule has 1 heterocycles. The first kappa shape index (κ1) is 14.2. The lowest BCUT2D eigenvalue weighted by molar-refractivity contribution is -0.383. The Kier molecular flexibility index (Phi) is 3.57. The number of halogens is 1. The predicted molar refractivity (Wildman–Crippen MR) is 76.3 cm³/mol. The topological polar surface area (TPSA) is 68.1 Å². The van der Waals surface area contributed by atoms with Crippen LogP contribution in [0.4, 0.5) is 15.8 Å². The van der Waals surface area contributed by atoms with Crippen LogP contribution >= 0.6 is 0 Å². The molecule has 0 aliphatic carbocycles. The van der Waals surface area contributed by atoms with E-state index < -0.39 is 10.7 Å². The van der Waals surface area contributed by atoms with Crippen LogP contribution in [-0.2, 0) is 0 Å².